The van der Waals surface area contributed by atoms with Crippen LogP contribution in [-0.4, -0.2) is 82.4 Å². The van der Waals surface area contributed by atoms with E-state index in [0.717, 1.165) is 0 Å². The zero-order valence-corrected chi connectivity index (χ0v) is 20.8. The molecule has 3 aliphatic heterocycles. The smallest absolute Gasteiger partial charge is 0.254 e. The van der Waals surface area contributed by atoms with Gasteiger partial charge in [0.15, 0.2) is 11.5 Å². The Morgan fingerprint density at radius 3 is 2.50 bits per heavy atom. The molecule has 5 rings (SSSR count). The first-order valence-electron chi connectivity index (χ1n) is 12.4. The number of hydrogen-bond acceptors (Lipinski definition) is 9. The number of fused-ring (bicyclic) bond motifs is 1. The number of benzene rings is 2. The highest BCUT2D eigenvalue weighted by Gasteiger charge is 2.48. The van der Waals surface area contributed by atoms with E-state index in [1.54, 1.807) is 26.0 Å². The van der Waals surface area contributed by atoms with Crippen LogP contribution in [0.15, 0.2) is 18.2 Å². The lowest BCUT2D eigenvalue weighted by molar-refractivity contribution is -0.138. The van der Waals surface area contributed by atoms with Gasteiger partial charge in [-0.25, -0.2) is 4.39 Å². The molecule has 0 aliphatic carbocycles. The van der Waals surface area contributed by atoms with Crippen LogP contribution in [0.4, 0.5) is 10.1 Å². The average Bonchev–Trinajstić information content (AvgIpc) is 3.26. The number of nitrogens with zero attached hydrogens (tertiary/aromatic N) is 2. The fourth-order valence-corrected chi connectivity index (χ4v) is 5.21. The number of ether oxygens (including phenoxy) is 1. The first-order valence-corrected chi connectivity index (χ1v) is 12.4. The third kappa shape index (κ3) is 4.31. The number of amides is 3. The van der Waals surface area contributed by atoms with Crippen LogP contribution in [-0.2, 0) is 34.0 Å². The van der Waals surface area contributed by atoms with Crippen LogP contribution in [0.1, 0.15) is 39.9 Å². The Labute approximate surface area is 218 Å². The van der Waals surface area contributed by atoms with E-state index in [-0.39, 0.29) is 55.4 Å². The van der Waals surface area contributed by atoms with Crippen LogP contribution in [0.25, 0.3) is 0 Å². The van der Waals surface area contributed by atoms with Gasteiger partial charge in [-0.1, -0.05) is 6.07 Å². The van der Waals surface area contributed by atoms with E-state index in [2.05, 4.69) is 10.6 Å². The Morgan fingerprint density at radius 2 is 1.79 bits per heavy atom. The molecule has 2 saturated heterocycles. The van der Waals surface area contributed by atoms with Crippen LogP contribution in [0.2, 0.25) is 0 Å². The Balaban J connectivity index is 1.40. The zero-order valence-electron chi connectivity index (χ0n) is 20.8. The minimum Gasteiger partial charge on any atom is -0.504 e. The molecule has 2 fully saturated rings. The van der Waals surface area contributed by atoms with Crippen molar-refractivity contribution in [2.45, 2.75) is 37.9 Å². The second kappa shape index (κ2) is 9.80. The van der Waals surface area contributed by atoms with Crippen molar-refractivity contribution >= 4 is 31.3 Å². The molecule has 1 unspecified atom stereocenters. The van der Waals surface area contributed by atoms with Crippen molar-refractivity contribution in [3.05, 3.63) is 46.3 Å². The molecule has 0 bridgehead atoms. The maximum absolute atomic E-state index is 15.5. The predicted octanol–water partition coefficient (Wildman–Crippen LogP) is 0.109. The van der Waals surface area contributed by atoms with Gasteiger partial charge in [-0.05, 0) is 18.6 Å². The SMILES string of the molecule is BC1(N2Cc3c(NCc4c(O)c(O)c(O)c(CN5CCOCC5)c4F)cccc3C2=O)CCC(=O)NC1=O. The zero-order chi connectivity index (χ0) is 27.2. The number of phenolic OH excluding ortho intramolecular Hbond substituents is 3. The van der Waals surface area contributed by atoms with Crippen molar-refractivity contribution in [3.63, 3.8) is 0 Å². The monoisotopic (exact) mass is 526 g/mol. The Hall–Kier alpha value is -3.84. The van der Waals surface area contributed by atoms with E-state index >= 15 is 4.39 Å². The molecule has 38 heavy (non-hydrogen) atoms. The number of rotatable bonds is 6. The predicted molar refractivity (Wildman–Crippen MR) is 135 cm³/mol. The van der Waals surface area contributed by atoms with Crippen molar-refractivity contribution in [2.75, 3.05) is 31.6 Å². The molecule has 2 aromatic rings. The summed E-state index contributed by atoms with van der Waals surface area (Å²) >= 11 is 0. The number of piperidine rings is 1. The molecule has 5 N–H and O–H groups in total. The fourth-order valence-electron chi connectivity index (χ4n) is 5.21. The Bertz CT molecular complexity index is 1330. The number of carbonyl (C=O) groups excluding carboxylic acids is 3. The second-order valence-electron chi connectivity index (χ2n) is 9.93. The van der Waals surface area contributed by atoms with E-state index in [1.165, 1.54) is 4.90 Å². The van der Waals surface area contributed by atoms with E-state index in [1.807, 2.05) is 4.90 Å². The molecule has 0 spiro atoms. The van der Waals surface area contributed by atoms with Gasteiger partial charge in [0.2, 0.25) is 17.6 Å². The van der Waals surface area contributed by atoms with Crippen molar-refractivity contribution < 1.29 is 38.8 Å². The summed E-state index contributed by atoms with van der Waals surface area (Å²) < 4.78 is 20.8. The summed E-state index contributed by atoms with van der Waals surface area (Å²) in [6.45, 7) is 1.85. The van der Waals surface area contributed by atoms with E-state index in [0.29, 0.717) is 43.1 Å². The minimum atomic E-state index is -1.21. The summed E-state index contributed by atoms with van der Waals surface area (Å²) in [6.07, 6.45) is 0.307. The Kier molecular flexibility index (Phi) is 6.65. The van der Waals surface area contributed by atoms with Crippen molar-refractivity contribution in [2.24, 2.45) is 0 Å². The normalized spacial score (nSPS) is 21.9. The van der Waals surface area contributed by atoms with Gasteiger partial charge in [0, 0.05) is 61.5 Å². The highest BCUT2D eigenvalue weighted by molar-refractivity contribution is 6.32. The molecule has 13 heteroatoms. The number of morpholine rings is 1. The van der Waals surface area contributed by atoms with E-state index in [9.17, 15) is 29.7 Å². The molecule has 3 heterocycles. The van der Waals surface area contributed by atoms with Crippen LogP contribution in [0.5, 0.6) is 17.2 Å². The van der Waals surface area contributed by atoms with Gasteiger partial charge >= 0.3 is 0 Å². The highest BCUT2D eigenvalue weighted by Crippen LogP contribution is 2.44. The molecule has 200 valence electrons. The van der Waals surface area contributed by atoms with Crippen LogP contribution >= 0.6 is 0 Å². The van der Waals surface area contributed by atoms with Crippen molar-refractivity contribution in [1.29, 1.82) is 0 Å². The first kappa shape index (κ1) is 25.8. The lowest BCUT2D eigenvalue weighted by Crippen LogP contribution is -2.63. The van der Waals surface area contributed by atoms with Gasteiger partial charge in [0.25, 0.3) is 5.91 Å². The lowest BCUT2D eigenvalue weighted by atomic mass is 9.70. The van der Waals surface area contributed by atoms with Crippen LogP contribution in [0.3, 0.4) is 0 Å². The molecule has 2 aromatic carbocycles. The largest absolute Gasteiger partial charge is 0.504 e. The van der Waals surface area contributed by atoms with Crippen LogP contribution < -0.4 is 10.6 Å². The number of halogens is 1. The van der Waals surface area contributed by atoms with Gasteiger partial charge in [-0.15, -0.1) is 0 Å². The standard InChI is InChI=1S/C25H28BFN4O7/c26-25(5-4-18(32)29-24(25)37)31-12-15-13(23(31)36)2-1-3-17(15)28-10-14-19(27)16(21(34)22(35)20(14)33)11-30-6-8-38-9-7-30/h1-3,28,33-35H,4-12,26H2,(H,29,32,37). The summed E-state index contributed by atoms with van der Waals surface area (Å²) in [5.74, 6) is -4.43. The van der Waals surface area contributed by atoms with Gasteiger partial charge in [-0.3, -0.25) is 24.6 Å². The average molecular weight is 526 g/mol. The quantitative estimate of drug-likeness (QED) is 0.201. The topological polar surface area (TPSA) is 152 Å². The molecule has 3 aliphatic rings. The third-order valence-corrected chi connectivity index (χ3v) is 7.64. The van der Waals surface area contributed by atoms with Gasteiger partial charge in [0.1, 0.15) is 13.7 Å². The fraction of sp³-hybridized carbons (Fsp3) is 0.400. The number of anilines is 1. The molecule has 0 aromatic heterocycles. The number of hydrogen-bond donors (Lipinski definition) is 5. The van der Waals surface area contributed by atoms with Crippen LogP contribution in [0, 0.1) is 5.82 Å². The van der Waals surface area contributed by atoms with Gasteiger partial charge < -0.3 is 30.3 Å². The molecular weight excluding hydrogens is 498 g/mol. The van der Waals surface area contributed by atoms with E-state index < -0.39 is 34.4 Å². The van der Waals surface area contributed by atoms with Gasteiger partial charge in [-0.2, -0.15) is 0 Å². The van der Waals surface area contributed by atoms with Crippen molar-refractivity contribution in [1.82, 2.24) is 15.1 Å². The summed E-state index contributed by atoms with van der Waals surface area (Å²) in [6, 6.07) is 4.96. The molecule has 3 amide bonds. The Morgan fingerprint density at radius 1 is 1.08 bits per heavy atom. The van der Waals surface area contributed by atoms with Gasteiger partial charge in [0.05, 0.1) is 24.2 Å². The summed E-state index contributed by atoms with van der Waals surface area (Å²) in [5, 5.41) is 36.4. The number of carbonyl (C=O) groups is 3. The molecule has 11 nitrogen and oxygen atoms in total. The lowest BCUT2D eigenvalue weighted by Gasteiger charge is -2.40. The minimum absolute atomic E-state index is 0.0230. The number of phenols is 3. The maximum Gasteiger partial charge on any atom is 0.254 e. The summed E-state index contributed by atoms with van der Waals surface area (Å²) in [5.41, 5.74) is -0.144. The number of nitrogens with one attached hydrogen (secondary N) is 2. The summed E-state index contributed by atoms with van der Waals surface area (Å²) in [7, 11) is 1.62. The number of aromatic hydroxyl groups is 3. The van der Waals surface area contributed by atoms with Crippen molar-refractivity contribution in [3.8, 4) is 17.2 Å². The first-order chi connectivity index (χ1) is 18.1. The highest BCUT2D eigenvalue weighted by atomic mass is 19.1. The summed E-state index contributed by atoms with van der Waals surface area (Å²) in [4.78, 5) is 40.8. The third-order valence-electron chi connectivity index (χ3n) is 7.64. The maximum atomic E-state index is 15.5. The molecule has 0 saturated carbocycles. The number of imide groups is 1. The second-order valence-corrected chi connectivity index (χ2v) is 9.93. The van der Waals surface area contributed by atoms with E-state index in [4.69, 9.17) is 4.74 Å². The molecule has 1 atom stereocenters. The molecular formula is C25H28BFN4O7. The molecule has 0 radical (unpaired) electrons.